The fraction of sp³-hybridized carbons (Fsp3) is 0.263. The van der Waals surface area contributed by atoms with Crippen LogP contribution in [-0.4, -0.2) is 48.1 Å². The van der Waals surface area contributed by atoms with Gasteiger partial charge in [0.2, 0.25) is 0 Å². The summed E-state index contributed by atoms with van der Waals surface area (Å²) in [5, 5.41) is 0. The minimum Gasteiger partial charge on any atom is -0.619 e. The Kier molecular flexibility index (Phi) is 4.56. The van der Waals surface area contributed by atoms with Crippen molar-refractivity contribution in [2.24, 2.45) is 0 Å². The second-order valence-corrected chi connectivity index (χ2v) is 7.00. The molecule has 136 valence electrons. The van der Waals surface area contributed by atoms with E-state index in [0.29, 0.717) is 0 Å². The van der Waals surface area contributed by atoms with Crippen LogP contribution in [0.3, 0.4) is 0 Å². The van der Waals surface area contributed by atoms with E-state index in [1.165, 1.54) is 29.0 Å². The highest BCUT2D eigenvalue weighted by molar-refractivity contribution is 6.76. The fourth-order valence-corrected chi connectivity index (χ4v) is 3.39. The third kappa shape index (κ3) is 2.98. The average Bonchev–Trinajstić information content (AvgIpc) is 2.77. The Balaban J connectivity index is 2.14. The quantitative estimate of drug-likeness (QED) is 0.620. The molecule has 1 aliphatic rings. The predicted molar refractivity (Wildman–Crippen MR) is 97.6 cm³/mol. The molecule has 4 nitrogen and oxygen atoms in total. The average molecular weight is 358 g/mol. The summed E-state index contributed by atoms with van der Waals surface area (Å²) in [7, 11) is 3.42. The van der Waals surface area contributed by atoms with Gasteiger partial charge in [-0.1, -0.05) is 48.5 Å². The van der Waals surface area contributed by atoms with Gasteiger partial charge in [-0.05, 0) is 24.0 Å². The van der Waals surface area contributed by atoms with E-state index in [4.69, 9.17) is 4.65 Å². The van der Waals surface area contributed by atoms with Gasteiger partial charge in [0.15, 0.2) is 11.9 Å². The molecule has 0 amide bonds. The zero-order valence-corrected chi connectivity index (χ0v) is 15.0. The molecule has 0 bridgehead atoms. The Morgan fingerprint density at radius 1 is 1.15 bits per heavy atom. The van der Waals surface area contributed by atoms with Crippen LogP contribution in [0.5, 0.6) is 0 Å². The first-order valence-corrected chi connectivity index (χ1v) is 8.43. The minimum atomic E-state index is -3.54. The summed E-state index contributed by atoms with van der Waals surface area (Å²) in [6.07, 6.45) is 1.69. The monoisotopic (exact) mass is 358 g/mol. The van der Waals surface area contributed by atoms with Crippen LogP contribution in [0.1, 0.15) is 12.5 Å². The van der Waals surface area contributed by atoms with Crippen LogP contribution in [0.15, 0.2) is 54.6 Å². The van der Waals surface area contributed by atoms with Gasteiger partial charge in [0.1, 0.15) is 0 Å². The molecule has 0 aromatic heterocycles. The number of benzene rings is 2. The third-order valence-electron chi connectivity index (χ3n) is 4.67. The van der Waals surface area contributed by atoms with E-state index in [2.05, 4.69) is 0 Å². The highest BCUT2D eigenvalue weighted by Gasteiger charge is 2.60. The maximum Gasteiger partial charge on any atom is 0.570 e. The van der Waals surface area contributed by atoms with Crippen molar-refractivity contribution in [2.75, 3.05) is 14.1 Å². The molecule has 0 N–H and O–H groups in total. The molecule has 2 aromatic carbocycles. The topological polar surface area (TPSA) is 32.5 Å². The van der Waals surface area contributed by atoms with Gasteiger partial charge in [0, 0.05) is 6.42 Å². The van der Waals surface area contributed by atoms with Crippen LogP contribution >= 0.6 is 0 Å². The highest BCUT2D eigenvalue weighted by atomic mass is 19.1. The lowest BCUT2D eigenvalue weighted by molar-refractivity contribution is -0.474. The van der Waals surface area contributed by atoms with Gasteiger partial charge in [-0.25, -0.2) is 4.39 Å². The number of nitrogens with zero attached hydrogens (tertiary/aromatic N) is 2. The number of carbonyl (C=O) groups excluding carboxylic acids is 1. The van der Waals surface area contributed by atoms with E-state index in [0.717, 1.165) is 11.6 Å². The SMILES string of the molecule is CN(C)/C=[N+]1/[B-](F)(c2ccccc2F)OC(=O)[C@@]1(C)Cc1ccccc1. The van der Waals surface area contributed by atoms with Crippen LogP contribution in [0.4, 0.5) is 8.71 Å². The van der Waals surface area contributed by atoms with Crippen molar-refractivity contribution in [3.8, 4) is 0 Å². The highest BCUT2D eigenvalue weighted by Crippen LogP contribution is 2.33. The molecule has 3 rings (SSSR count). The molecular weight excluding hydrogens is 337 g/mol. The van der Waals surface area contributed by atoms with Crippen LogP contribution in [0.2, 0.25) is 0 Å². The Morgan fingerprint density at radius 2 is 1.77 bits per heavy atom. The van der Waals surface area contributed by atoms with Gasteiger partial charge in [0.25, 0.3) is 0 Å². The first-order valence-electron chi connectivity index (χ1n) is 8.43. The number of halogens is 2. The van der Waals surface area contributed by atoms with Gasteiger partial charge in [-0.2, -0.15) is 0 Å². The van der Waals surface area contributed by atoms with Crippen LogP contribution in [-0.2, 0) is 15.9 Å². The lowest BCUT2D eigenvalue weighted by Crippen LogP contribution is -2.59. The lowest BCUT2D eigenvalue weighted by atomic mass is 9.65. The first-order chi connectivity index (χ1) is 12.3. The van der Waals surface area contributed by atoms with E-state index in [9.17, 15) is 9.18 Å². The number of rotatable bonds is 4. The second-order valence-electron chi connectivity index (χ2n) is 7.00. The Morgan fingerprint density at radius 3 is 2.38 bits per heavy atom. The summed E-state index contributed by atoms with van der Waals surface area (Å²) in [5.74, 6) is -1.46. The molecular formula is C19H21BF2N2O2. The van der Waals surface area contributed by atoms with Gasteiger partial charge in [-0.15, -0.1) is 0 Å². The lowest BCUT2D eigenvalue weighted by Gasteiger charge is -2.31. The minimum absolute atomic E-state index is 0.235. The standard InChI is InChI=1S/C19H21BF2N2O2/c1-19(13-15-9-5-4-6-10-15)18(25)26-20(22,24(19)14-23(2)3)16-11-7-8-12-17(16)21/h4-12,14H,13H2,1-3H3/b24-14+/t19-,20?/m1/s1. The fourth-order valence-electron chi connectivity index (χ4n) is 3.39. The van der Waals surface area contributed by atoms with Crippen LogP contribution in [0.25, 0.3) is 0 Å². The van der Waals surface area contributed by atoms with Crippen molar-refractivity contribution in [1.82, 2.24) is 4.90 Å². The first kappa shape index (κ1) is 18.1. The normalized spacial score (nSPS) is 26.8. The van der Waals surface area contributed by atoms with Crippen LogP contribution < -0.4 is 5.46 Å². The molecule has 1 fully saturated rings. The molecule has 1 saturated heterocycles. The van der Waals surface area contributed by atoms with E-state index in [1.807, 2.05) is 30.3 Å². The van der Waals surface area contributed by atoms with Crippen molar-refractivity contribution in [3.63, 3.8) is 0 Å². The summed E-state index contributed by atoms with van der Waals surface area (Å²) in [6.45, 7) is -1.92. The Hall–Kier alpha value is -2.70. The third-order valence-corrected chi connectivity index (χ3v) is 4.67. The maximum absolute atomic E-state index is 16.0. The second kappa shape index (κ2) is 6.55. The van der Waals surface area contributed by atoms with Crippen LogP contribution in [0, 0.1) is 5.82 Å². The Bertz CT molecular complexity index is 860. The van der Waals surface area contributed by atoms with Gasteiger partial charge < -0.3 is 13.5 Å². The molecule has 0 saturated carbocycles. The zero-order valence-electron chi connectivity index (χ0n) is 15.0. The van der Waals surface area contributed by atoms with Crippen molar-refractivity contribution in [2.45, 2.75) is 18.9 Å². The molecule has 2 atom stereocenters. The molecule has 26 heavy (non-hydrogen) atoms. The van der Waals surface area contributed by atoms with E-state index >= 15 is 4.32 Å². The summed E-state index contributed by atoms with van der Waals surface area (Å²) >= 11 is 0. The predicted octanol–water partition coefficient (Wildman–Crippen LogP) is 2.10. The molecule has 0 spiro atoms. The van der Waals surface area contributed by atoms with E-state index in [1.54, 1.807) is 25.9 Å². The van der Waals surface area contributed by atoms with Gasteiger partial charge in [0.05, 0.1) is 19.9 Å². The number of hydrogen-bond donors (Lipinski definition) is 0. The Labute approximate surface area is 151 Å². The smallest absolute Gasteiger partial charge is 0.570 e. The van der Waals surface area contributed by atoms with Gasteiger partial charge >= 0.3 is 12.7 Å². The van der Waals surface area contributed by atoms with Crippen molar-refractivity contribution in [3.05, 3.63) is 66.0 Å². The molecule has 1 unspecified atom stereocenters. The molecule has 0 radical (unpaired) electrons. The van der Waals surface area contributed by atoms with E-state index < -0.39 is 24.1 Å². The molecule has 1 aliphatic heterocycles. The van der Waals surface area contributed by atoms with Crippen molar-refractivity contribution < 1.29 is 22.6 Å². The zero-order chi connectivity index (χ0) is 18.9. The van der Waals surface area contributed by atoms with Crippen molar-refractivity contribution >= 4 is 24.5 Å². The van der Waals surface area contributed by atoms with Crippen molar-refractivity contribution in [1.29, 1.82) is 0 Å². The molecule has 7 heteroatoms. The van der Waals surface area contributed by atoms with E-state index in [-0.39, 0.29) is 11.9 Å². The summed E-state index contributed by atoms with van der Waals surface area (Å²) in [5.41, 5.74) is -0.712. The summed E-state index contributed by atoms with van der Waals surface area (Å²) in [6, 6.07) is 14.8. The summed E-state index contributed by atoms with van der Waals surface area (Å²) in [4.78, 5) is 14.4. The maximum atomic E-state index is 16.0. The van der Waals surface area contributed by atoms with Gasteiger partial charge in [-0.3, -0.25) is 9.69 Å². The largest absolute Gasteiger partial charge is 0.619 e. The molecule has 1 heterocycles. The number of hydrogen-bond acceptors (Lipinski definition) is 2. The molecule has 0 aliphatic carbocycles. The molecule has 2 aromatic rings. The summed E-state index contributed by atoms with van der Waals surface area (Å²) < 4.78 is 36.8. The number of carbonyl (C=O) groups is 1.